The number of carbonyl (C=O) groups excluding carboxylic acids is 2. The lowest BCUT2D eigenvalue weighted by molar-refractivity contribution is -0.141. The van der Waals surface area contributed by atoms with E-state index in [0.29, 0.717) is 29.4 Å². The van der Waals surface area contributed by atoms with E-state index in [2.05, 4.69) is 20.4 Å². The van der Waals surface area contributed by atoms with E-state index in [-0.39, 0.29) is 11.9 Å². The highest BCUT2D eigenvalue weighted by atomic mass is 16.5. The van der Waals surface area contributed by atoms with E-state index in [9.17, 15) is 9.59 Å². The molecular weight excluding hydrogens is 328 g/mol. The normalized spacial score (nSPS) is 17.2. The lowest BCUT2D eigenvalue weighted by Gasteiger charge is -2.25. The fraction of sp³-hybridized carbons (Fsp3) is 0.727. The predicted molar refractivity (Wildman–Crippen MR) is 104 cm³/mol. The molecule has 0 aromatic carbocycles. The van der Waals surface area contributed by atoms with Gasteiger partial charge in [-0.05, 0) is 39.0 Å². The number of hydrogen-bond acceptors (Lipinski definition) is 4. The summed E-state index contributed by atoms with van der Waals surface area (Å²) in [5.41, 5.74) is 0.766. The molecule has 1 atom stereocenters. The molecule has 0 radical (unpaired) electrons. The van der Waals surface area contributed by atoms with Crippen LogP contribution in [0.4, 0.5) is 0 Å². The van der Waals surface area contributed by atoms with Crippen molar-refractivity contribution in [2.75, 3.05) is 6.61 Å². The maximum absolute atomic E-state index is 12.6. The summed E-state index contributed by atoms with van der Waals surface area (Å²) in [7, 11) is 0. The Kier molecular flexibility index (Phi) is 10.3. The number of rotatable bonds is 10. The first-order chi connectivity index (χ1) is 12.4. The summed E-state index contributed by atoms with van der Waals surface area (Å²) >= 11 is 0. The zero-order chi connectivity index (χ0) is 19.5. The van der Waals surface area contributed by atoms with Crippen LogP contribution >= 0.6 is 0 Å². The van der Waals surface area contributed by atoms with Crippen LogP contribution in [0.25, 0.3) is 0 Å². The monoisotopic (exact) mass is 364 g/mol. The predicted octanol–water partition coefficient (Wildman–Crippen LogP) is 5.72. The zero-order valence-electron chi connectivity index (χ0n) is 17.1. The number of esters is 2. The summed E-state index contributed by atoms with van der Waals surface area (Å²) in [5.74, 6) is 0.163. The van der Waals surface area contributed by atoms with Gasteiger partial charge in [-0.3, -0.25) is 0 Å². The van der Waals surface area contributed by atoms with Gasteiger partial charge in [-0.25, -0.2) is 9.59 Å². The Labute approximate surface area is 159 Å². The van der Waals surface area contributed by atoms with Crippen LogP contribution in [0.15, 0.2) is 23.5 Å². The molecular formula is C22H36O4. The molecule has 0 saturated heterocycles. The Morgan fingerprint density at radius 2 is 1.73 bits per heavy atom. The third kappa shape index (κ3) is 7.35. The van der Waals surface area contributed by atoms with Gasteiger partial charge in [0.2, 0.25) is 0 Å². The van der Waals surface area contributed by atoms with Crippen molar-refractivity contribution in [3.63, 3.8) is 0 Å². The lowest BCUT2D eigenvalue weighted by atomic mass is 9.86. The van der Waals surface area contributed by atoms with Crippen LogP contribution in [-0.4, -0.2) is 18.5 Å². The highest BCUT2D eigenvalue weighted by Crippen LogP contribution is 2.33. The third-order valence-corrected chi connectivity index (χ3v) is 5.20. The second-order valence-electron chi connectivity index (χ2n) is 7.51. The lowest BCUT2D eigenvalue weighted by Crippen LogP contribution is -2.21. The Bertz CT molecular complexity index is 512. The molecule has 0 N–H and O–H groups in total. The number of unbranched alkanes of at least 4 members (excludes halogenated alkanes) is 1. The molecule has 0 heterocycles. The highest BCUT2D eigenvalue weighted by molar-refractivity contribution is 5.91. The average molecular weight is 365 g/mol. The minimum Gasteiger partial charge on any atom is -0.462 e. The van der Waals surface area contributed by atoms with Crippen LogP contribution in [0.5, 0.6) is 0 Å². The van der Waals surface area contributed by atoms with Crippen molar-refractivity contribution < 1.29 is 19.1 Å². The highest BCUT2D eigenvalue weighted by Gasteiger charge is 2.27. The van der Waals surface area contributed by atoms with Gasteiger partial charge in [0.1, 0.15) is 5.76 Å². The van der Waals surface area contributed by atoms with Crippen LogP contribution in [0, 0.1) is 11.8 Å². The number of ether oxygens (including phenoxy) is 2. The van der Waals surface area contributed by atoms with E-state index in [1.165, 1.54) is 6.42 Å². The molecule has 148 valence electrons. The van der Waals surface area contributed by atoms with E-state index in [1.807, 2.05) is 0 Å². The molecule has 0 spiro atoms. The van der Waals surface area contributed by atoms with Crippen LogP contribution in [-0.2, 0) is 19.1 Å². The molecule has 4 nitrogen and oxygen atoms in total. The van der Waals surface area contributed by atoms with Gasteiger partial charge in [0.15, 0.2) is 0 Å². The van der Waals surface area contributed by atoms with E-state index < -0.39 is 5.97 Å². The van der Waals surface area contributed by atoms with Crippen LogP contribution in [0.1, 0.15) is 85.5 Å². The van der Waals surface area contributed by atoms with Gasteiger partial charge < -0.3 is 9.47 Å². The van der Waals surface area contributed by atoms with Gasteiger partial charge in [-0.15, -0.1) is 0 Å². The standard InChI is InChI=1S/C22H36O4/c1-6-8-12-18(7-2)15-25-22(24)17(5)20(26-21(23)16(3)4)19-13-10-9-11-14-19/h18-19H,3,6-15H2,1-2,4-5H3/b20-17-. The molecule has 1 fully saturated rings. The molecule has 0 bridgehead atoms. The van der Waals surface area contributed by atoms with Crippen molar-refractivity contribution in [2.24, 2.45) is 11.8 Å². The summed E-state index contributed by atoms with van der Waals surface area (Å²) < 4.78 is 11.1. The summed E-state index contributed by atoms with van der Waals surface area (Å²) in [6, 6.07) is 0. The molecule has 4 heteroatoms. The van der Waals surface area contributed by atoms with Crippen molar-refractivity contribution in [1.82, 2.24) is 0 Å². The Morgan fingerprint density at radius 1 is 1.08 bits per heavy atom. The molecule has 0 amide bonds. The molecule has 0 aromatic rings. The van der Waals surface area contributed by atoms with Crippen molar-refractivity contribution >= 4 is 11.9 Å². The molecule has 0 aliphatic heterocycles. The van der Waals surface area contributed by atoms with Crippen molar-refractivity contribution in [2.45, 2.75) is 85.5 Å². The molecule has 26 heavy (non-hydrogen) atoms. The Hall–Kier alpha value is -1.58. The Balaban J connectivity index is 2.84. The number of hydrogen-bond donors (Lipinski definition) is 0. The van der Waals surface area contributed by atoms with Crippen molar-refractivity contribution in [1.29, 1.82) is 0 Å². The fourth-order valence-corrected chi connectivity index (χ4v) is 3.32. The van der Waals surface area contributed by atoms with Gasteiger partial charge in [0.25, 0.3) is 0 Å². The van der Waals surface area contributed by atoms with Gasteiger partial charge >= 0.3 is 11.9 Å². The van der Waals surface area contributed by atoms with Crippen LogP contribution < -0.4 is 0 Å². The van der Waals surface area contributed by atoms with Gasteiger partial charge in [-0.1, -0.05) is 59.0 Å². The van der Waals surface area contributed by atoms with Gasteiger partial charge in [0.05, 0.1) is 12.2 Å². The maximum atomic E-state index is 12.6. The largest absolute Gasteiger partial charge is 0.462 e. The first-order valence-corrected chi connectivity index (χ1v) is 10.2. The number of carbonyl (C=O) groups is 2. The molecule has 1 aliphatic rings. The van der Waals surface area contributed by atoms with Crippen molar-refractivity contribution in [3.05, 3.63) is 23.5 Å². The number of allylic oxidation sites excluding steroid dienone is 1. The molecule has 0 aromatic heterocycles. The minimum absolute atomic E-state index is 0.113. The first-order valence-electron chi connectivity index (χ1n) is 10.2. The maximum Gasteiger partial charge on any atom is 0.338 e. The second kappa shape index (κ2) is 11.9. The average Bonchev–Trinajstić information content (AvgIpc) is 2.65. The topological polar surface area (TPSA) is 52.6 Å². The molecule has 1 rings (SSSR count). The smallest absolute Gasteiger partial charge is 0.338 e. The summed E-state index contributed by atoms with van der Waals surface area (Å²) in [4.78, 5) is 24.6. The zero-order valence-corrected chi connectivity index (χ0v) is 17.1. The van der Waals surface area contributed by atoms with E-state index in [4.69, 9.17) is 9.47 Å². The van der Waals surface area contributed by atoms with Gasteiger partial charge in [0, 0.05) is 11.5 Å². The second-order valence-corrected chi connectivity index (χ2v) is 7.51. The summed E-state index contributed by atoms with van der Waals surface area (Å²) in [6.07, 6.45) is 9.62. The van der Waals surface area contributed by atoms with Crippen LogP contribution in [0.2, 0.25) is 0 Å². The third-order valence-electron chi connectivity index (χ3n) is 5.20. The van der Waals surface area contributed by atoms with E-state index >= 15 is 0 Å². The summed E-state index contributed by atoms with van der Waals surface area (Å²) in [5, 5.41) is 0. The van der Waals surface area contributed by atoms with E-state index in [0.717, 1.165) is 51.4 Å². The van der Waals surface area contributed by atoms with Gasteiger partial charge in [-0.2, -0.15) is 0 Å². The molecule has 1 saturated carbocycles. The van der Waals surface area contributed by atoms with E-state index in [1.54, 1.807) is 13.8 Å². The first kappa shape index (κ1) is 22.5. The van der Waals surface area contributed by atoms with Crippen LogP contribution in [0.3, 0.4) is 0 Å². The van der Waals surface area contributed by atoms with Crippen molar-refractivity contribution in [3.8, 4) is 0 Å². The molecule has 1 aliphatic carbocycles. The Morgan fingerprint density at radius 3 is 2.27 bits per heavy atom. The summed E-state index contributed by atoms with van der Waals surface area (Å²) in [6.45, 7) is 11.7. The fourth-order valence-electron chi connectivity index (χ4n) is 3.32. The molecule has 1 unspecified atom stereocenters. The quantitative estimate of drug-likeness (QED) is 0.283. The minimum atomic E-state index is -0.466. The SMILES string of the molecule is C=C(C)C(=O)O/C(=C(/C)C(=O)OCC(CC)CCCC)C1CCCCC1.